The summed E-state index contributed by atoms with van der Waals surface area (Å²) in [7, 11) is 0. The fourth-order valence-electron chi connectivity index (χ4n) is 5.65. The van der Waals surface area contributed by atoms with Crippen LogP contribution in [0.1, 0.15) is 28.2 Å². The van der Waals surface area contributed by atoms with Gasteiger partial charge in [-0.1, -0.05) is 97.1 Å². The molecule has 0 unspecified atom stereocenters. The van der Waals surface area contributed by atoms with Gasteiger partial charge in [0.1, 0.15) is 13.2 Å². The molecule has 0 heterocycles. The Kier molecular flexibility index (Phi) is 5.19. The van der Waals surface area contributed by atoms with Gasteiger partial charge in [-0.15, -0.1) is 0 Å². The highest BCUT2D eigenvalue weighted by molar-refractivity contribution is 6.61. The summed E-state index contributed by atoms with van der Waals surface area (Å²) >= 11 is 5.56. The maximum atomic E-state index is 14.0. The van der Waals surface area contributed by atoms with E-state index in [1.165, 1.54) is 0 Å². The number of halogens is 1. The van der Waals surface area contributed by atoms with Crippen molar-refractivity contribution in [3.8, 4) is 22.3 Å². The molecule has 0 fully saturated rings. The summed E-state index contributed by atoms with van der Waals surface area (Å²) in [4.78, 5) is 25.7. The smallest absolute Gasteiger partial charge is 0.403 e. The quantitative estimate of drug-likeness (QED) is 0.236. The Morgan fingerprint density at radius 3 is 1.63 bits per heavy atom. The lowest BCUT2D eigenvalue weighted by atomic mass is 9.79. The average Bonchev–Trinajstić information content (AvgIpc) is 3.37. The van der Waals surface area contributed by atoms with Crippen molar-refractivity contribution in [2.24, 2.45) is 0 Å². The molecule has 4 aromatic carbocycles. The molecule has 0 atom stereocenters. The Morgan fingerprint density at radius 1 is 0.657 bits per heavy atom. The lowest BCUT2D eigenvalue weighted by Crippen LogP contribution is -2.42. The minimum Gasteiger partial charge on any atom is -0.464 e. The van der Waals surface area contributed by atoms with Crippen LogP contribution >= 0.6 is 11.6 Å². The predicted molar refractivity (Wildman–Crippen MR) is 135 cm³/mol. The van der Waals surface area contributed by atoms with Crippen molar-refractivity contribution in [1.82, 2.24) is 0 Å². The van der Waals surface area contributed by atoms with Crippen LogP contribution in [0.5, 0.6) is 0 Å². The summed E-state index contributed by atoms with van der Waals surface area (Å²) < 4.78 is 11.4. The third kappa shape index (κ3) is 3.28. The molecule has 2 aliphatic carbocycles. The van der Waals surface area contributed by atoms with Gasteiger partial charge < -0.3 is 9.47 Å². The van der Waals surface area contributed by atoms with Gasteiger partial charge in [0.2, 0.25) is 0 Å². The molecule has 4 nitrogen and oxygen atoms in total. The second kappa shape index (κ2) is 8.40. The Balaban J connectivity index is 1.40. The highest BCUT2D eigenvalue weighted by Gasteiger charge is 2.52. The number of fused-ring (bicyclic) bond motifs is 6. The summed E-state index contributed by atoms with van der Waals surface area (Å²) in [5.74, 6) is -0.541. The molecule has 0 spiro atoms. The number of benzene rings is 4. The van der Waals surface area contributed by atoms with Crippen LogP contribution in [0.3, 0.4) is 0 Å². The first-order chi connectivity index (χ1) is 17.1. The van der Waals surface area contributed by atoms with Crippen LogP contribution in [0.4, 0.5) is 4.79 Å². The highest BCUT2D eigenvalue weighted by atomic mass is 35.5. The van der Waals surface area contributed by atoms with Gasteiger partial charge in [-0.2, -0.15) is 0 Å². The van der Waals surface area contributed by atoms with E-state index in [4.69, 9.17) is 21.1 Å². The fraction of sp³-hybridized carbons (Fsp3) is 0.133. The fourth-order valence-corrected chi connectivity index (χ4v) is 5.70. The van der Waals surface area contributed by atoms with Crippen LogP contribution in [0.25, 0.3) is 22.3 Å². The van der Waals surface area contributed by atoms with Crippen LogP contribution in [0, 0.1) is 0 Å². The number of carbonyl (C=O) groups is 2. The van der Waals surface area contributed by atoms with Crippen molar-refractivity contribution in [2.75, 3.05) is 13.2 Å². The van der Waals surface area contributed by atoms with E-state index >= 15 is 0 Å². The zero-order valence-corrected chi connectivity index (χ0v) is 19.5. The summed E-state index contributed by atoms with van der Waals surface area (Å²) in [5.41, 5.74) is 5.66. The van der Waals surface area contributed by atoms with E-state index in [1.54, 1.807) is 0 Å². The topological polar surface area (TPSA) is 52.6 Å². The summed E-state index contributed by atoms with van der Waals surface area (Å²) in [6, 6.07) is 31.7. The number of carbonyl (C=O) groups excluding carboxylic acids is 2. The normalized spacial score (nSPS) is 14.4. The van der Waals surface area contributed by atoms with Gasteiger partial charge in [0, 0.05) is 17.5 Å². The number of esters is 1. The van der Waals surface area contributed by atoms with Crippen LogP contribution < -0.4 is 0 Å². The molecule has 6 rings (SSSR count). The molecule has 0 saturated carbocycles. The number of rotatable bonds is 5. The monoisotopic (exact) mass is 480 g/mol. The maximum absolute atomic E-state index is 14.0. The molecule has 2 aliphatic rings. The zero-order chi connectivity index (χ0) is 24.0. The molecule has 172 valence electrons. The van der Waals surface area contributed by atoms with Gasteiger partial charge in [0.25, 0.3) is 0 Å². The van der Waals surface area contributed by atoms with Crippen molar-refractivity contribution in [3.63, 3.8) is 0 Å². The summed E-state index contributed by atoms with van der Waals surface area (Å²) in [5, 5.41) is 0. The second-order valence-corrected chi connectivity index (χ2v) is 9.16. The van der Waals surface area contributed by atoms with E-state index in [-0.39, 0.29) is 19.1 Å². The number of hydrogen-bond acceptors (Lipinski definition) is 4. The summed E-state index contributed by atoms with van der Waals surface area (Å²) in [6.45, 7) is -0.0617. The largest absolute Gasteiger partial charge is 0.464 e. The van der Waals surface area contributed by atoms with Crippen LogP contribution in [-0.4, -0.2) is 24.6 Å². The Bertz CT molecular complexity index is 1380. The molecular formula is C30H21ClO4. The third-order valence-electron chi connectivity index (χ3n) is 7.16. The molecular weight excluding hydrogens is 460 g/mol. The first-order valence-electron chi connectivity index (χ1n) is 11.5. The average molecular weight is 481 g/mol. The van der Waals surface area contributed by atoms with Crippen molar-refractivity contribution >= 4 is 23.0 Å². The first-order valence-corrected chi connectivity index (χ1v) is 11.9. The molecule has 5 heteroatoms. The Hall–Kier alpha value is -3.89. The minimum absolute atomic E-state index is 0.0779. The maximum Gasteiger partial charge on any atom is 0.403 e. The van der Waals surface area contributed by atoms with Crippen LogP contribution in [0.15, 0.2) is 97.1 Å². The Labute approximate surface area is 208 Å². The molecule has 0 N–H and O–H groups in total. The molecule has 0 aromatic heterocycles. The third-order valence-corrected chi connectivity index (χ3v) is 7.27. The van der Waals surface area contributed by atoms with Gasteiger partial charge in [0.05, 0.1) is 0 Å². The zero-order valence-electron chi connectivity index (χ0n) is 18.7. The molecule has 35 heavy (non-hydrogen) atoms. The minimum atomic E-state index is -1.30. The lowest BCUT2D eigenvalue weighted by Gasteiger charge is -2.29. The van der Waals surface area contributed by atoms with Gasteiger partial charge in [0.15, 0.2) is 5.41 Å². The molecule has 0 amide bonds. The second-order valence-electron chi connectivity index (χ2n) is 8.85. The lowest BCUT2D eigenvalue weighted by molar-refractivity contribution is -0.150. The van der Waals surface area contributed by atoms with E-state index in [0.717, 1.165) is 44.5 Å². The molecule has 0 aliphatic heterocycles. The van der Waals surface area contributed by atoms with E-state index < -0.39 is 16.8 Å². The number of ether oxygens (including phenoxy) is 2. The van der Waals surface area contributed by atoms with E-state index in [1.807, 2.05) is 72.8 Å². The van der Waals surface area contributed by atoms with E-state index in [2.05, 4.69) is 24.3 Å². The van der Waals surface area contributed by atoms with Crippen molar-refractivity contribution in [3.05, 3.63) is 119 Å². The van der Waals surface area contributed by atoms with Gasteiger partial charge >= 0.3 is 11.4 Å². The van der Waals surface area contributed by atoms with Gasteiger partial charge in [-0.05, 0) is 44.5 Å². The molecule has 0 saturated heterocycles. The standard InChI is InChI=1S/C30H21ClO4/c31-29(33)35-18-30(26-15-7-5-13-23(26)24-14-6-8-16-27(24)30)28(32)34-17-25-21-11-3-1-9-19(21)20-10-2-4-12-22(20)25/h1-16,25H,17-18H2. The van der Waals surface area contributed by atoms with Gasteiger partial charge in [-0.25, -0.2) is 4.79 Å². The predicted octanol–water partition coefficient (Wildman–Crippen LogP) is 6.68. The van der Waals surface area contributed by atoms with Crippen molar-refractivity contribution in [2.45, 2.75) is 11.3 Å². The van der Waals surface area contributed by atoms with Crippen molar-refractivity contribution < 1.29 is 19.1 Å². The SMILES string of the molecule is O=C(Cl)OCC1(C(=O)OCC2c3ccccc3-c3ccccc32)c2ccccc2-c2ccccc21. The van der Waals surface area contributed by atoms with Crippen molar-refractivity contribution in [1.29, 1.82) is 0 Å². The Morgan fingerprint density at radius 2 is 1.11 bits per heavy atom. The van der Waals surface area contributed by atoms with Crippen LogP contribution in [-0.2, 0) is 19.7 Å². The summed E-state index contributed by atoms with van der Waals surface area (Å²) in [6.07, 6.45) is 0. The number of hydrogen-bond donors (Lipinski definition) is 0. The highest BCUT2D eigenvalue weighted by Crippen LogP contribution is 2.50. The van der Waals surface area contributed by atoms with E-state index in [0.29, 0.717) is 0 Å². The van der Waals surface area contributed by atoms with E-state index in [9.17, 15) is 9.59 Å². The molecule has 0 radical (unpaired) electrons. The molecule has 4 aromatic rings. The van der Waals surface area contributed by atoms with Crippen LogP contribution in [0.2, 0.25) is 0 Å². The first kappa shape index (κ1) is 21.6. The van der Waals surface area contributed by atoms with Gasteiger partial charge in [-0.3, -0.25) is 4.79 Å². The molecule has 0 bridgehead atoms.